The topological polar surface area (TPSA) is 41.1 Å². The first kappa shape index (κ1) is 16.3. The molecule has 2 aromatic rings. The van der Waals surface area contributed by atoms with Gasteiger partial charge in [0.1, 0.15) is 4.88 Å². The normalized spacial score (nSPS) is 22.0. The maximum atomic E-state index is 12.5. The number of amides is 1. The van der Waals surface area contributed by atoms with Crippen LogP contribution in [0.1, 0.15) is 29.4 Å². The molecule has 0 radical (unpaired) electrons. The van der Waals surface area contributed by atoms with E-state index in [0.717, 1.165) is 24.1 Å². The summed E-state index contributed by atoms with van der Waals surface area (Å²) in [5.41, 5.74) is 0. The lowest BCUT2D eigenvalue weighted by molar-refractivity contribution is 0.0930. The average Bonchev–Trinajstić information content (AvgIpc) is 2.76. The van der Waals surface area contributed by atoms with Crippen LogP contribution in [0.5, 0.6) is 0 Å². The molecule has 1 aromatic heterocycles. The lowest BCUT2D eigenvalue weighted by Crippen LogP contribution is -2.46. The maximum absolute atomic E-state index is 12.5. The van der Waals surface area contributed by atoms with Crippen LogP contribution >= 0.6 is 46.1 Å². The van der Waals surface area contributed by atoms with E-state index in [4.69, 9.17) is 34.8 Å². The van der Waals surface area contributed by atoms with Crippen molar-refractivity contribution in [3.05, 3.63) is 32.1 Å². The minimum atomic E-state index is -0.141. The molecule has 1 fully saturated rings. The fourth-order valence-electron chi connectivity index (χ4n) is 2.77. The highest BCUT2D eigenvalue weighted by Crippen LogP contribution is 2.41. The molecular weight excluding hydrogens is 363 g/mol. The molecule has 0 saturated carbocycles. The van der Waals surface area contributed by atoms with E-state index in [1.54, 1.807) is 12.1 Å². The fraction of sp³-hybridized carbons (Fsp3) is 0.400. The molecule has 118 valence electrons. The molecule has 22 heavy (non-hydrogen) atoms. The second kappa shape index (κ2) is 6.54. The Morgan fingerprint density at radius 3 is 2.86 bits per heavy atom. The van der Waals surface area contributed by atoms with Crippen LogP contribution in [0, 0.1) is 0 Å². The van der Waals surface area contributed by atoms with Gasteiger partial charge in [-0.25, -0.2) is 0 Å². The highest BCUT2D eigenvalue weighted by atomic mass is 35.5. The highest BCUT2D eigenvalue weighted by Gasteiger charge is 2.24. The number of benzene rings is 1. The smallest absolute Gasteiger partial charge is 0.263 e. The summed E-state index contributed by atoms with van der Waals surface area (Å²) < 4.78 is 0.825. The fourth-order valence-corrected chi connectivity index (χ4v) is 5.05. The molecule has 3 nitrogen and oxygen atoms in total. The van der Waals surface area contributed by atoms with E-state index in [0.29, 0.717) is 31.4 Å². The van der Waals surface area contributed by atoms with Crippen LogP contribution in [0.15, 0.2) is 12.1 Å². The number of thiophene rings is 1. The van der Waals surface area contributed by atoms with Crippen LogP contribution in [0.4, 0.5) is 0 Å². The van der Waals surface area contributed by atoms with Crippen LogP contribution < -0.4 is 10.6 Å². The van der Waals surface area contributed by atoms with E-state index >= 15 is 0 Å². The predicted octanol–water partition coefficient (Wildman–Crippen LogP) is 4.73. The quantitative estimate of drug-likeness (QED) is 0.794. The van der Waals surface area contributed by atoms with Crippen molar-refractivity contribution in [3.8, 4) is 0 Å². The number of fused-ring (bicyclic) bond motifs is 1. The monoisotopic (exact) mass is 376 g/mol. The Bertz CT molecular complexity index is 731. The molecule has 2 unspecified atom stereocenters. The number of hydrogen-bond donors (Lipinski definition) is 2. The van der Waals surface area contributed by atoms with E-state index in [1.807, 2.05) is 0 Å². The molecule has 2 atom stereocenters. The Morgan fingerprint density at radius 1 is 1.36 bits per heavy atom. The van der Waals surface area contributed by atoms with Crippen molar-refractivity contribution in [2.45, 2.75) is 31.8 Å². The van der Waals surface area contributed by atoms with Gasteiger partial charge < -0.3 is 10.6 Å². The van der Waals surface area contributed by atoms with Crippen LogP contribution in [0.3, 0.4) is 0 Å². The first-order valence-corrected chi connectivity index (χ1v) is 9.02. The molecule has 0 aliphatic carbocycles. The molecular formula is C15H15Cl3N2OS. The average molecular weight is 378 g/mol. The summed E-state index contributed by atoms with van der Waals surface area (Å²) in [6, 6.07) is 4.00. The van der Waals surface area contributed by atoms with Crippen molar-refractivity contribution in [1.82, 2.24) is 10.6 Å². The van der Waals surface area contributed by atoms with Crippen molar-refractivity contribution >= 4 is 62.1 Å². The molecule has 1 saturated heterocycles. The molecule has 0 bridgehead atoms. The molecule has 2 N–H and O–H groups in total. The summed E-state index contributed by atoms with van der Waals surface area (Å²) >= 11 is 19.9. The van der Waals surface area contributed by atoms with E-state index < -0.39 is 0 Å². The number of nitrogens with one attached hydrogen (secondary N) is 2. The number of hydrogen-bond acceptors (Lipinski definition) is 3. The summed E-state index contributed by atoms with van der Waals surface area (Å²) in [7, 11) is 0. The zero-order valence-electron chi connectivity index (χ0n) is 11.9. The second-order valence-electron chi connectivity index (χ2n) is 5.56. The Morgan fingerprint density at radius 2 is 2.14 bits per heavy atom. The first-order valence-electron chi connectivity index (χ1n) is 7.07. The van der Waals surface area contributed by atoms with Crippen molar-refractivity contribution in [2.75, 3.05) is 6.54 Å². The Kier molecular flexibility index (Phi) is 4.86. The third-order valence-electron chi connectivity index (χ3n) is 3.81. The van der Waals surface area contributed by atoms with Crippen molar-refractivity contribution in [2.24, 2.45) is 0 Å². The largest absolute Gasteiger partial charge is 0.348 e. The van der Waals surface area contributed by atoms with Crippen LogP contribution in [0.2, 0.25) is 15.1 Å². The van der Waals surface area contributed by atoms with Crippen LogP contribution in [0.25, 0.3) is 10.1 Å². The number of piperidine rings is 1. The van der Waals surface area contributed by atoms with Gasteiger partial charge in [-0.2, -0.15) is 0 Å². The predicted molar refractivity (Wildman–Crippen MR) is 94.8 cm³/mol. The molecule has 1 aliphatic rings. The highest BCUT2D eigenvalue weighted by molar-refractivity contribution is 7.21. The number of halogens is 3. The van der Waals surface area contributed by atoms with E-state index in [-0.39, 0.29) is 11.9 Å². The van der Waals surface area contributed by atoms with Gasteiger partial charge in [0, 0.05) is 27.2 Å². The summed E-state index contributed by atoms with van der Waals surface area (Å²) in [4.78, 5) is 13.0. The van der Waals surface area contributed by atoms with Gasteiger partial charge in [-0.15, -0.1) is 11.3 Å². The Hall–Kier alpha value is -0.520. The molecule has 1 aliphatic heterocycles. The van der Waals surface area contributed by atoms with Gasteiger partial charge in [-0.3, -0.25) is 4.79 Å². The molecule has 0 spiro atoms. The van der Waals surface area contributed by atoms with Gasteiger partial charge in [0.2, 0.25) is 0 Å². The first-order chi connectivity index (χ1) is 10.5. The standard InChI is InChI=1S/C15H15Cl3N2OS/c1-7-4-9(2-3-19-7)20-15(21)14-13(18)12-10(17)5-8(16)6-11(12)22-14/h5-7,9,19H,2-4H2,1H3,(H,20,21). The third-order valence-corrected chi connectivity index (χ3v) is 5.96. The maximum Gasteiger partial charge on any atom is 0.263 e. The van der Waals surface area contributed by atoms with E-state index in [1.165, 1.54) is 11.3 Å². The summed E-state index contributed by atoms with van der Waals surface area (Å²) in [6.07, 6.45) is 1.84. The lowest BCUT2D eigenvalue weighted by Gasteiger charge is -2.28. The third kappa shape index (κ3) is 3.22. The SMILES string of the molecule is CC1CC(NC(=O)c2sc3cc(Cl)cc(Cl)c3c2Cl)CCN1. The van der Waals surface area contributed by atoms with Crippen molar-refractivity contribution < 1.29 is 4.79 Å². The van der Waals surface area contributed by atoms with Gasteiger partial charge in [0.05, 0.1) is 10.0 Å². The van der Waals surface area contributed by atoms with Crippen molar-refractivity contribution in [1.29, 1.82) is 0 Å². The van der Waals surface area contributed by atoms with Gasteiger partial charge >= 0.3 is 0 Å². The summed E-state index contributed by atoms with van der Waals surface area (Å²) in [5, 5.41) is 8.54. The van der Waals surface area contributed by atoms with Gasteiger partial charge in [0.15, 0.2) is 0 Å². The zero-order valence-corrected chi connectivity index (χ0v) is 15.0. The minimum Gasteiger partial charge on any atom is -0.348 e. The zero-order chi connectivity index (χ0) is 15.9. The molecule has 3 rings (SSSR count). The molecule has 2 heterocycles. The van der Waals surface area contributed by atoms with Gasteiger partial charge in [-0.05, 0) is 38.4 Å². The lowest BCUT2D eigenvalue weighted by atomic mass is 10.0. The van der Waals surface area contributed by atoms with Gasteiger partial charge in [-0.1, -0.05) is 34.8 Å². The minimum absolute atomic E-state index is 0.141. The summed E-state index contributed by atoms with van der Waals surface area (Å²) in [5.74, 6) is -0.141. The second-order valence-corrected chi connectivity index (χ2v) is 7.83. The summed E-state index contributed by atoms with van der Waals surface area (Å²) in [6.45, 7) is 3.03. The van der Waals surface area contributed by atoms with Gasteiger partial charge in [0.25, 0.3) is 5.91 Å². The Balaban J connectivity index is 1.88. The van der Waals surface area contributed by atoms with E-state index in [2.05, 4.69) is 17.6 Å². The molecule has 1 amide bonds. The number of carbonyl (C=O) groups is 1. The number of rotatable bonds is 2. The molecule has 1 aromatic carbocycles. The van der Waals surface area contributed by atoms with Crippen LogP contribution in [-0.2, 0) is 0 Å². The molecule has 7 heteroatoms. The Labute approximate surface area is 147 Å². The van der Waals surface area contributed by atoms with E-state index in [9.17, 15) is 4.79 Å². The van der Waals surface area contributed by atoms with Crippen molar-refractivity contribution in [3.63, 3.8) is 0 Å². The number of carbonyl (C=O) groups excluding carboxylic acids is 1. The van der Waals surface area contributed by atoms with Crippen LogP contribution in [-0.4, -0.2) is 24.5 Å².